The highest BCUT2D eigenvalue weighted by molar-refractivity contribution is 6.11. The molecule has 1 aromatic carbocycles. The van der Waals surface area contributed by atoms with Crippen molar-refractivity contribution in [1.29, 1.82) is 0 Å². The molecule has 1 atom stereocenters. The summed E-state index contributed by atoms with van der Waals surface area (Å²) in [7, 11) is 0. The lowest BCUT2D eigenvalue weighted by atomic mass is 10.2. The van der Waals surface area contributed by atoms with Crippen molar-refractivity contribution >= 4 is 23.5 Å². The molecule has 0 aliphatic carbocycles. The summed E-state index contributed by atoms with van der Waals surface area (Å²) in [6.07, 6.45) is 2.24. The number of rotatable bonds is 2. The standard InChI is InChI=1S/C17H17N5O3/c23-15-14(25-13-5-2-1-4-12(13)20-15)16(24)21-8-10-22(11-9-21)17-18-6-3-7-19-17/h1-7,14H,8-11H2,(H,20,23). The van der Waals surface area contributed by atoms with Crippen LogP contribution in [-0.4, -0.2) is 59.0 Å². The molecule has 1 aromatic heterocycles. The minimum absolute atomic E-state index is 0.319. The third-order valence-corrected chi connectivity index (χ3v) is 4.28. The normalized spacial score (nSPS) is 19.7. The van der Waals surface area contributed by atoms with E-state index in [1.807, 2.05) is 4.90 Å². The zero-order valence-electron chi connectivity index (χ0n) is 13.5. The first-order valence-electron chi connectivity index (χ1n) is 8.10. The van der Waals surface area contributed by atoms with Crippen LogP contribution in [0.2, 0.25) is 0 Å². The molecule has 128 valence electrons. The molecule has 0 spiro atoms. The summed E-state index contributed by atoms with van der Waals surface area (Å²) in [5.41, 5.74) is 0.586. The molecule has 1 N–H and O–H groups in total. The molecule has 2 aliphatic heterocycles. The van der Waals surface area contributed by atoms with Crippen LogP contribution in [0.25, 0.3) is 0 Å². The molecule has 0 saturated carbocycles. The van der Waals surface area contributed by atoms with Gasteiger partial charge in [-0.1, -0.05) is 12.1 Å². The molecule has 2 amide bonds. The summed E-state index contributed by atoms with van der Waals surface area (Å²) in [6, 6.07) is 8.85. The molecule has 3 heterocycles. The van der Waals surface area contributed by atoms with Crippen molar-refractivity contribution < 1.29 is 14.3 Å². The first-order valence-corrected chi connectivity index (χ1v) is 8.10. The van der Waals surface area contributed by atoms with E-state index < -0.39 is 12.0 Å². The first kappa shape index (κ1) is 15.4. The second-order valence-corrected chi connectivity index (χ2v) is 5.84. The van der Waals surface area contributed by atoms with Crippen molar-refractivity contribution in [3.63, 3.8) is 0 Å². The average Bonchev–Trinajstić information content (AvgIpc) is 2.68. The van der Waals surface area contributed by atoms with E-state index >= 15 is 0 Å². The molecule has 0 radical (unpaired) electrons. The van der Waals surface area contributed by atoms with Crippen molar-refractivity contribution in [3.05, 3.63) is 42.7 Å². The van der Waals surface area contributed by atoms with Gasteiger partial charge < -0.3 is 19.9 Å². The second-order valence-electron chi connectivity index (χ2n) is 5.84. The maximum absolute atomic E-state index is 12.7. The van der Waals surface area contributed by atoms with Crippen molar-refractivity contribution in [2.75, 3.05) is 36.4 Å². The van der Waals surface area contributed by atoms with Gasteiger partial charge in [0.25, 0.3) is 17.9 Å². The Bertz CT molecular complexity index is 790. The number of hydrogen-bond acceptors (Lipinski definition) is 6. The maximum Gasteiger partial charge on any atom is 0.275 e. The molecule has 8 heteroatoms. The molecule has 1 unspecified atom stereocenters. The average molecular weight is 339 g/mol. The van der Waals surface area contributed by atoms with Gasteiger partial charge in [-0.2, -0.15) is 0 Å². The smallest absolute Gasteiger partial charge is 0.275 e. The Balaban J connectivity index is 1.42. The summed E-state index contributed by atoms with van der Waals surface area (Å²) >= 11 is 0. The molecule has 2 aromatic rings. The molecule has 8 nitrogen and oxygen atoms in total. The second kappa shape index (κ2) is 6.39. The quantitative estimate of drug-likeness (QED) is 0.803. The fraction of sp³-hybridized carbons (Fsp3) is 0.294. The number of hydrogen-bond donors (Lipinski definition) is 1. The highest BCUT2D eigenvalue weighted by atomic mass is 16.5. The van der Waals surface area contributed by atoms with Gasteiger partial charge in [-0.25, -0.2) is 9.97 Å². The topological polar surface area (TPSA) is 87.7 Å². The van der Waals surface area contributed by atoms with Gasteiger partial charge in [0, 0.05) is 38.6 Å². The van der Waals surface area contributed by atoms with Crippen LogP contribution >= 0.6 is 0 Å². The highest BCUT2D eigenvalue weighted by Gasteiger charge is 2.37. The van der Waals surface area contributed by atoms with Crippen LogP contribution in [0.5, 0.6) is 5.75 Å². The van der Waals surface area contributed by atoms with E-state index in [2.05, 4.69) is 15.3 Å². The van der Waals surface area contributed by atoms with Gasteiger partial charge in [-0.05, 0) is 18.2 Å². The third kappa shape index (κ3) is 2.98. The van der Waals surface area contributed by atoms with E-state index in [1.165, 1.54) is 0 Å². The van der Waals surface area contributed by atoms with Gasteiger partial charge >= 0.3 is 0 Å². The number of fused-ring (bicyclic) bond motifs is 1. The van der Waals surface area contributed by atoms with Crippen molar-refractivity contribution in [2.24, 2.45) is 0 Å². The summed E-state index contributed by atoms with van der Waals surface area (Å²) in [5, 5.41) is 2.72. The highest BCUT2D eigenvalue weighted by Crippen LogP contribution is 2.29. The number of benzene rings is 1. The number of nitrogens with one attached hydrogen (secondary N) is 1. The van der Waals surface area contributed by atoms with Crippen molar-refractivity contribution in [1.82, 2.24) is 14.9 Å². The molecule has 25 heavy (non-hydrogen) atoms. The Hall–Kier alpha value is -3.16. The maximum atomic E-state index is 12.7. The number of para-hydroxylation sites is 2. The Labute approximate surface area is 144 Å². The molecule has 4 rings (SSSR count). The van der Waals surface area contributed by atoms with Crippen LogP contribution in [0.15, 0.2) is 42.7 Å². The lowest BCUT2D eigenvalue weighted by molar-refractivity contribution is -0.145. The third-order valence-electron chi connectivity index (χ3n) is 4.28. The Morgan fingerprint density at radius 1 is 1.08 bits per heavy atom. The van der Waals surface area contributed by atoms with Gasteiger partial charge in [-0.15, -0.1) is 0 Å². The number of ether oxygens (including phenoxy) is 1. The van der Waals surface area contributed by atoms with E-state index in [0.717, 1.165) is 0 Å². The SMILES string of the molecule is O=C1Nc2ccccc2OC1C(=O)N1CCN(c2ncccn2)CC1. The van der Waals surface area contributed by atoms with E-state index in [-0.39, 0.29) is 5.91 Å². The number of amides is 2. The lowest BCUT2D eigenvalue weighted by Crippen LogP contribution is -2.56. The van der Waals surface area contributed by atoms with E-state index in [1.54, 1.807) is 47.6 Å². The Morgan fingerprint density at radius 2 is 1.80 bits per heavy atom. The van der Waals surface area contributed by atoms with E-state index in [0.29, 0.717) is 43.6 Å². The fourth-order valence-electron chi connectivity index (χ4n) is 2.96. The predicted molar refractivity (Wildman–Crippen MR) is 90.3 cm³/mol. The zero-order chi connectivity index (χ0) is 17.2. The predicted octanol–water partition coefficient (Wildman–Crippen LogP) is 0.525. The molecule has 1 saturated heterocycles. The van der Waals surface area contributed by atoms with Gasteiger partial charge in [0.1, 0.15) is 5.75 Å². The fourth-order valence-corrected chi connectivity index (χ4v) is 2.96. The van der Waals surface area contributed by atoms with Gasteiger partial charge in [0.15, 0.2) is 0 Å². The lowest BCUT2D eigenvalue weighted by Gasteiger charge is -2.36. The summed E-state index contributed by atoms with van der Waals surface area (Å²) in [6.45, 7) is 2.21. The van der Waals surface area contributed by atoms with Crippen molar-refractivity contribution in [3.8, 4) is 5.75 Å². The van der Waals surface area contributed by atoms with Crippen LogP contribution in [-0.2, 0) is 9.59 Å². The van der Waals surface area contributed by atoms with Crippen LogP contribution in [0.3, 0.4) is 0 Å². The van der Waals surface area contributed by atoms with Crippen LogP contribution in [0, 0.1) is 0 Å². The zero-order valence-corrected chi connectivity index (χ0v) is 13.5. The number of anilines is 2. The minimum Gasteiger partial charge on any atom is -0.468 e. The summed E-state index contributed by atoms with van der Waals surface area (Å²) < 4.78 is 5.63. The van der Waals surface area contributed by atoms with E-state index in [4.69, 9.17) is 4.74 Å². The van der Waals surface area contributed by atoms with Gasteiger partial charge in [-0.3, -0.25) is 9.59 Å². The molecular weight excluding hydrogens is 322 g/mol. The van der Waals surface area contributed by atoms with Crippen LogP contribution in [0.4, 0.5) is 11.6 Å². The number of piperazine rings is 1. The summed E-state index contributed by atoms with van der Waals surface area (Å²) in [4.78, 5) is 37.0. The Morgan fingerprint density at radius 3 is 2.56 bits per heavy atom. The van der Waals surface area contributed by atoms with Crippen molar-refractivity contribution in [2.45, 2.75) is 6.10 Å². The summed E-state index contributed by atoms with van der Waals surface area (Å²) in [5.74, 6) is 0.408. The largest absolute Gasteiger partial charge is 0.468 e. The minimum atomic E-state index is -1.14. The van der Waals surface area contributed by atoms with E-state index in [9.17, 15) is 9.59 Å². The number of carbonyl (C=O) groups is 2. The Kier molecular flexibility index (Phi) is 3.93. The molecule has 0 bridgehead atoms. The number of aromatic nitrogens is 2. The molecular formula is C17H17N5O3. The van der Waals surface area contributed by atoms with Crippen LogP contribution in [0.1, 0.15) is 0 Å². The first-order chi connectivity index (χ1) is 12.2. The van der Waals surface area contributed by atoms with Gasteiger partial charge in [0.2, 0.25) is 5.95 Å². The molecule has 2 aliphatic rings. The number of nitrogens with zero attached hydrogens (tertiary/aromatic N) is 4. The monoisotopic (exact) mass is 339 g/mol. The van der Waals surface area contributed by atoms with Gasteiger partial charge in [0.05, 0.1) is 5.69 Å². The molecule has 1 fully saturated rings. The number of carbonyl (C=O) groups excluding carboxylic acids is 2. The van der Waals surface area contributed by atoms with Crippen LogP contribution < -0.4 is 15.0 Å².